The SMILES string of the molecule is Cc1ccc(I)c(-c2c(NCc3ccccc3)ccc(C)c2C)c1C. The first-order chi connectivity index (χ1) is 12.0. The Morgan fingerprint density at radius 3 is 2.00 bits per heavy atom. The lowest BCUT2D eigenvalue weighted by Crippen LogP contribution is -2.04. The molecule has 1 nitrogen and oxygen atoms in total. The van der Waals surface area contributed by atoms with Gasteiger partial charge in [-0.25, -0.2) is 0 Å². The number of hydrogen-bond donors (Lipinski definition) is 1. The first kappa shape index (κ1) is 18.0. The van der Waals surface area contributed by atoms with Crippen LogP contribution in [0, 0.1) is 31.3 Å². The maximum absolute atomic E-state index is 3.67. The van der Waals surface area contributed by atoms with E-state index >= 15 is 0 Å². The molecule has 0 unspecified atom stereocenters. The molecule has 0 saturated carbocycles. The van der Waals surface area contributed by atoms with Crippen LogP contribution in [-0.4, -0.2) is 0 Å². The van der Waals surface area contributed by atoms with E-state index in [-0.39, 0.29) is 0 Å². The molecule has 128 valence electrons. The fourth-order valence-electron chi connectivity index (χ4n) is 3.17. The Bertz CT molecular complexity index is 898. The third-order valence-electron chi connectivity index (χ3n) is 5.00. The Hall–Kier alpha value is -1.81. The highest BCUT2D eigenvalue weighted by atomic mass is 127. The molecule has 0 radical (unpaired) electrons. The number of rotatable bonds is 4. The summed E-state index contributed by atoms with van der Waals surface area (Å²) >= 11 is 2.46. The highest BCUT2D eigenvalue weighted by molar-refractivity contribution is 14.1. The molecule has 3 aromatic rings. The summed E-state index contributed by atoms with van der Waals surface area (Å²) in [4.78, 5) is 0. The number of nitrogens with one attached hydrogen (secondary N) is 1. The van der Waals surface area contributed by atoms with Crippen molar-refractivity contribution < 1.29 is 0 Å². The molecular weight excluding hydrogens is 417 g/mol. The van der Waals surface area contributed by atoms with Crippen molar-refractivity contribution in [2.24, 2.45) is 0 Å². The van der Waals surface area contributed by atoms with Gasteiger partial charge in [0.1, 0.15) is 0 Å². The summed E-state index contributed by atoms with van der Waals surface area (Å²) in [5.41, 5.74) is 10.6. The smallest absolute Gasteiger partial charge is 0.0425 e. The molecule has 25 heavy (non-hydrogen) atoms. The second kappa shape index (κ2) is 7.61. The molecular formula is C23H24IN. The number of aryl methyl sites for hydroxylation is 2. The number of benzene rings is 3. The van der Waals surface area contributed by atoms with Crippen molar-refractivity contribution in [3.05, 3.63) is 86.0 Å². The third-order valence-corrected chi connectivity index (χ3v) is 5.90. The fourth-order valence-corrected chi connectivity index (χ4v) is 4.02. The van der Waals surface area contributed by atoms with Crippen molar-refractivity contribution in [1.29, 1.82) is 0 Å². The molecule has 0 aliphatic rings. The summed E-state index contributed by atoms with van der Waals surface area (Å²) in [5, 5.41) is 3.67. The second-order valence-electron chi connectivity index (χ2n) is 6.63. The van der Waals surface area contributed by atoms with Crippen molar-refractivity contribution in [1.82, 2.24) is 0 Å². The van der Waals surface area contributed by atoms with Gasteiger partial charge in [-0.3, -0.25) is 0 Å². The van der Waals surface area contributed by atoms with Crippen LogP contribution in [0.3, 0.4) is 0 Å². The molecule has 0 aromatic heterocycles. The van der Waals surface area contributed by atoms with Gasteiger partial charge in [0.25, 0.3) is 0 Å². The minimum atomic E-state index is 0.831. The van der Waals surface area contributed by atoms with Gasteiger partial charge in [-0.2, -0.15) is 0 Å². The van der Waals surface area contributed by atoms with Crippen LogP contribution in [0.5, 0.6) is 0 Å². The molecule has 0 spiro atoms. The molecule has 3 rings (SSSR count). The molecule has 2 heteroatoms. The average molecular weight is 441 g/mol. The Morgan fingerprint density at radius 2 is 1.32 bits per heavy atom. The predicted molar refractivity (Wildman–Crippen MR) is 117 cm³/mol. The maximum Gasteiger partial charge on any atom is 0.0425 e. The molecule has 0 aliphatic carbocycles. The van der Waals surface area contributed by atoms with Gasteiger partial charge in [-0.05, 0) is 90.2 Å². The average Bonchev–Trinajstić information content (AvgIpc) is 2.62. The second-order valence-corrected chi connectivity index (χ2v) is 7.80. The van der Waals surface area contributed by atoms with Crippen LogP contribution >= 0.6 is 22.6 Å². The van der Waals surface area contributed by atoms with Crippen LogP contribution in [0.2, 0.25) is 0 Å². The Balaban J connectivity index is 2.10. The van der Waals surface area contributed by atoms with Crippen LogP contribution in [0.1, 0.15) is 27.8 Å². The van der Waals surface area contributed by atoms with E-state index in [0.717, 1.165) is 6.54 Å². The van der Waals surface area contributed by atoms with E-state index in [4.69, 9.17) is 0 Å². The maximum atomic E-state index is 3.67. The van der Waals surface area contributed by atoms with Crippen LogP contribution in [-0.2, 0) is 6.54 Å². The summed E-state index contributed by atoms with van der Waals surface area (Å²) in [6, 6.07) is 19.4. The summed E-state index contributed by atoms with van der Waals surface area (Å²) in [7, 11) is 0. The number of halogens is 1. The normalized spacial score (nSPS) is 10.8. The molecule has 0 fully saturated rings. The Labute approximate surface area is 164 Å². The van der Waals surface area contributed by atoms with Crippen molar-refractivity contribution in [3.63, 3.8) is 0 Å². The minimum absolute atomic E-state index is 0.831. The van der Waals surface area contributed by atoms with Crippen molar-refractivity contribution in [2.45, 2.75) is 34.2 Å². The van der Waals surface area contributed by atoms with Gasteiger partial charge >= 0.3 is 0 Å². The van der Waals surface area contributed by atoms with Crippen LogP contribution in [0.4, 0.5) is 5.69 Å². The fraction of sp³-hybridized carbons (Fsp3) is 0.217. The lowest BCUT2D eigenvalue weighted by molar-refractivity contribution is 1.14. The van der Waals surface area contributed by atoms with Crippen molar-refractivity contribution in [2.75, 3.05) is 5.32 Å². The molecule has 0 amide bonds. The predicted octanol–water partition coefficient (Wildman–Crippen LogP) is 6.80. The topological polar surface area (TPSA) is 12.0 Å². The third kappa shape index (κ3) is 3.74. The van der Waals surface area contributed by atoms with E-state index in [1.165, 1.54) is 48.2 Å². The van der Waals surface area contributed by atoms with Gasteiger partial charge in [-0.1, -0.05) is 42.5 Å². The number of anilines is 1. The molecule has 0 bridgehead atoms. The monoisotopic (exact) mass is 441 g/mol. The first-order valence-corrected chi connectivity index (χ1v) is 9.71. The van der Waals surface area contributed by atoms with E-state index in [1.54, 1.807) is 0 Å². The van der Waals surface area contributed by atoms with Gasteiger partial charge in [0, 0.05) is 26.9 Å². The zero-order chi connectivity index (χ0) is 18.0. The zero-order valence-corrected chi connectivity index (χ0v) is 17.4. The molecule has 0 atom stereocenters. The minimum Gasteiger partial charge on any atom is -0.380 e. The van der Waals surface area contributed by atoms with Crippen molar-refractivity contribution >= 4 is 28.3 Å². The van der Waals surface area contributed by atoms with E-state index in [2.05, 4.69) is 110 Å². The van der Waals surface area contributed by atoms with Crippen LogP contribution in [0.15, 0.2) is 54.6 Å². The summed E-state index contributed by atoms with van der Waals surface area (Å²) in [6.45, 7) is 9.68. The standard InChI is InChI=1S/C23H24IN/c1-15-10-12-20(24)22(17(15)3)23-18(4)16(2)11-13-21(23)25-14-19-8-6-5-7-9-19/h5-13,25H,14H2,1-4H3. The molecule has 3 aromatic carbocycles. The lowest BCUT2D eigenvalue weighted by Gasteiger charge is -2.20. The summed E-state index contributed by atoms with van der Waals surface area (Å²) in [6.07, 6.45) is 0. The molecule has 0 heterocycles. The van der Waals surface area contributed by atoms with Gasteiger partial charge in [0.2, 0.25) is 0 Å². The highest BCUT2D eigenvalue weighted by Crippen LogP contribution is 2.39. The van der Waals surface area contributed by atoms with Crippen LogP contribution < -0.4 is 5.32 Å². The van der Waals surface area contributed by atoms with E-state index in [0.29, 0.717) is 0 Å². The summed E-state index contributed by atoms with van der Waals surface area (Å²) in [5.74, 6) is 0. The Morgan fingerprint density at radius 1 is 0.720 bits per heavy atom. The van der Waals surface area contributed by atoms with Gasteiger partial charge in [0.15, 0.2) is 0 Å². The van der Waals surface area contributed by atoms with Crippen molar-refractivity contribution in [3.8, 4) is 11.1 Å². The summed E-state index contributed by atoms with van der Waals surface area (Å²) < 4.78 is 1.30. The van der Waals surface area contributed by atoms with Gasteiger partial charge < -0.3 is 5.32 Å². The van der Waals surface area contributed by atoms with Gasteiger partial charge in [0.05, 0.1) is 0 Å². The highest BCUT2D eigenvalue weighted by Gasteiger charge is 2.16. The van der Waals surface area contributed by atoms with E-state index < -0.39 is 0 Å². The largest absolute Gasteiger partial charge is 0.380 e. The number of hydrogen-bond acceptors (Lipinski definition) is 1. The Kier molecular flexibility index (Phi) is 5.48. The van der Waals surface area contributed by atoms with E-state index in [9.17, 15) is 0 Å². The molecule has 0 saturated heterocycles. The lowest BCUT2D eigenvalue weighted by atomic mass is 9.90. The molecule has 0 aliphatic heterocycles. The first-order valence-electron chi connectivity index (χ1n) is 8.63. The quantitative estimate of drug-likeness (QED) is 0.439. The molecule has 1 N–H and O–H groups in total. The van der Waals surface area contributed by atoms with Gasteiger partial charge in [-0.15, -0.1) is 0 Å². The van der Waals surface area contributed by atoms with E-state index in [1.807, 2.05) is 0 Å². The zero-order valence-electron chi connectivity index (χ0n) is 15.3. The van der Waals surface area contributed by atoms with Crippen LogP contribution in [0.25, 0.3) is 11.1 Å².